The Hall–Kier alpha value is -0.570. The molecule has 3 nitrogen and oxygen atoms in total. The maximum absolute atomic E-state index is 10.9. The molecule has 2 bridgehead atoms. The van der Waals surface area contributed by atoms with Gasteiger partial charge < -0.3 is 9.84 Å². The van der Waals surface area contributed by atoms with Crippen LogP contribution in [0.15, 0.2) is 0 Å². The Kier molecular flexibility index (Phi) is 1.06. The largest absolute Gasteiger partial charge is 0.460 e. The standard InChI is InChI=1S/C7H10O3/c8-6-7(9)3-1-5(10-6)2-4-7/h5,9H,1-4H2. The van der Waals surface area contributed by atoms with Crippen LogP contribution in [0.4, 0.5) is 0 Å². The van der Waals surface area contributed by atoms with Gasteiger partial charge in [-0.3, -0.25) is 0 Å². The highest BCUT2D eigenvalue weighted by Gasteiger charge is 2.47. The summed E-state index contributed by atoms with van der Waals surface area (Å²) in [4.78, 5) is 10.9. The van der Waals surface area contributed by atoms with E-state index in [0.29, 0.717) is 12.8 Å². The summed E-state index contributed by atoms with van der Waals surface area (Å²) < 4.78 is 4.90. The predicted molar refractivity (Wildman–Crippen MR) is 33.3 cm³/mol. The molecule has 2 aliphatic heterocycles. The molecular weight excluding hydrogens is 132 g/mol. The van der Waals surface area contributed by atoms with Crippen molar-refractivity contribution in [2.75, 3.05) is 0 Å². The Bertz CT molecular complexity index is 168. The number of ether oxygens (including phenoxy) is 1. The van der Waals surface area contributed by atoms with E-state index < -0.39 is 11.6 Å². The summed E-state index contributed by atoms with van der Waals surface area (Å²) in [6.07, 6.45) is 2.96. The van der Waals surface area contributed by atoms with Crippen LogP contribution < -0.4 is 0 Å². The van der Waals surface area contributed by atoms with Crippen molar-refractivity contribution in [1.82, 2.24) is 0 Å². The molecule has 0 aromatic carbocycles. The molecule has 0 aromatic heterocycles. The average molecular weight is 142 g/mol. The number of carbonyl (C=O) groups is 1. The summed E-state index contributed by atoms with van der Waals surface area (Å²) in [7, 11) is 0. The van der Waals surface area contributed by atoms with Crippen LogP contribution in [-0.4, -0.2) is 22.8 Å². The van der Waals surface area contributed by atoms with Gasteiger partial charge in [0.15, 0.2) is 5.60 Å². The maximum Gasteiger partial charge on any atom is 0.338 e. The van der Waals surface area contributed by atoms with Gasteiger partial charge in [0.1, 0.15) is 6.10 Å². The number of rotatable bonds is 0. The molecule has 0 radical (unpaired) electrons. The minimum absolute atomic E-state index is 0.0986. The van der Waals surface area contributed by atoms with Crippen molar-refractivity contribution < 1.29 is 14.6 Å². The molecule has 3 aliphatic rings. The van der Waals surface area contributed by atoms with Gasteiger partial charge in [0.2, 0.25) is 0 Å². The number of fused-ring (bicyclic) bond motifs is 3. The third-order valence-electron chi connectivity index (χ3n) is 2.41. The first-order chi connectivity index (χ1) is 4.71. The number of hydrogen-bond donors (Lipinski definition) is 1. The average Bonchev–Trinajstić information content (AvgIpc) is 1.92. The van der Waals surface area contributed by atoms with Crippen LogP contribution in [0, 0.1) is 0 Å². The van der Waals surface area contributed by atoms with Crippen molar-refractivity contribution >= 4 is 5.97 Å². The van der Waals surface area contributed by atoms with E-state index in [-0.39, 0.29) is 6.10 Å². The third kappa shape index (κ3) is 0.669. The molecule has 0 spiro atoms. The van der Waals surface area contributed by atoms with Crippen molar-refractivity contribution in [1.29, 1.82) is 0 Å². The fourth-order valence-electron chi connectivity index (χ4n) is 1.65. The quantitative estimate of drug-likeness (QED) is 0.492. The molecule has 3 heteroatoms. The SMILES string of the molecule is O=C1OC2CCC1(O)CC2. The lowest BCUT2D eigenvalue weighted by atomic mass is 9.80. The normalized spacial score (nSPS) is 45.3. The summed E-state index contributed by atoms with van der Waals surface area (Å²) in [6.45, 7) is 0. The maximum atomic E-state index is 10.9. The first kappa shape index (κ1) is 6.16. The lowest BCUT2D eigenvalue weighted by molar-refractivity contribution is -0.196. The van der Waals surface area contributed by atoms with Crippen LogP contribution in [0.3, 0.4) is 0 Å². The number of hydrogen-bond acceptors (Lipinski definition) is 3. The van der Waals surface area contributed by atoms with Gasteiger partial charge in [0.25, 0.3) is 0 Å². The zero-order valence-electron chi connectivity index (χ0n) is 5.67. The molecule has 3 rings (SSSR count). The van der Waals surface area contributed by atoms with Gasteiger partial charge in [-0.2, -0.15) is 0 Å². The molecule has 1 aliphatic carbocycles. The van der Waals surface area contributed by atoms with E-state index in [9.17, 15) is 9.90 Å². The highest BCUT2D eigenvalue weighted by atomic mass is 16.6. The summed E-state index contributed by atoms with van der Waals surface area (Å²) in [5.41, 5.74) is -1.12. The monoisotopic (exact) mass is 142 g/mol. The van der Waals surface area contributed by atoms with Crippen LogP contribution >= 0.6 is 0 Å². The van der Waals surface area contributed by atoms with Crippen molar-refractivity contribution in [2.24, 2.45) is 0 Å². The summed E-state index contributed by atoms with van der Waals surface area (Å²) >= 11 is 0. The van der Waals surface area contributed by atoms with E-state index >= 15 is 0 Å². The fraction of sp³-hybridized carbons (Fsp3) is 0.857. The van der Waals surface area contributed by atoms with E-state index in [1.165, 1.54) is 0 Å². The topological polar surface area (TPSA) is 46.5 Å². The lowest BCUT2D eigenvalue weighted by Crippen LogP contribution is -2.51. The van der Waals surface area contributed by atoms with Gasteiger partial charge in [-0.25, -0.2) is 4.79 Å². The Morgan fingerprint density at radius 1 is 1.50 bits per heavy atom. The zero-order valence-corrected chi connectivity index (χ0v) is 5.67. The van der Waals surface area contributed by atoms with Gasteiger partial charge in [-0.05, 0) is 25.7 Å². The van der Waals surface area contributed by atoms with Gasteiger partial charge >= 0.3 is 5.97 Å². The molecule has 0 unspecified atom stereocenters. The second kappa shape index (κ2) is 1.72. The molecule has 0 atom stereocenters. The highest BCUT2D eigenvalue weighted by Crippen LogP contribution is 2.36. The van der Waals surface area contributed by atoms with E-state index in [2.05, 4.69) is 0 Å². The summed E-state index contributed by atoms with van der Waals surface area (Å²) in [6, 6.07) is 0. The number of esters is 1. The van der Waals surface area contributed by atoms with Gasteiger partial charge in [-0.1, -0.05) is 0 Å². The van der Waals surface area contributed by atoms with Crippen LogP contribution in [0.5, 0.6) is 0 Å². The van der Waals surface area contributed by atoms with Crippen molar-refractivity contribution in [3.63, 3.8) is 0 Å². The smallest absolute Gasteiger partial charge is 0.338 e. The number of carbonyl (C=O) groups excluding carboxylic acids is 1. The molecule has 1 saturated carbocycles. The first-order valence-electron chi connectivity index (χ1n) is 3.64. The summed E-state index contributed by atoms with van der Waals surface area (Å²) in [5, 5.41) is 9.51. The molecule has 56 valence electrons. The van der Waals surface area contributed by atoms with Gasteiger partial charge in [0.05, 0.1) is 0 Å². The molecular formula is C7H10O3. The Balaban J connectivity index is 2.25. The second-order valence-corrected chi connectivity index (χ2v) is 3.14. The van der Waals surface area contributed by atoms with Crippen molar-refractivity contribution in [3.05, 3.63) is 0 Å². The molecule has 0 amide bonds. The Morgan fingerprint density at radius 2 is 2.10 bits per heavy atom. The second-order valence-electron chi connectivity index (χ2n) is 3.14. The van der Waals surface area contributed by atoms with E-state index in [1.54, 1.807) is 0 Å². The summed E-state index contributed by atoms with van der Waals surface area (Å²) in [5.74, 6) is -0.407. The fourth-order valence-corrected chi connectivity index (χ4v) is 1.65. The predicted octanol–water partition coefficient (Wildman–Crippen LogP) is 0.217. The van der Waals surface area contributed by atoms with Gasteiger partial charge in [-0.15, -0.1) is 0 Å². The molecule has 2 saturated heterocycles. The molecule has 1 N–H and O–H groups in total. The highest BCUT2D eigenvalue weighted by molar-refractivity contribution is 5.80. The Labute approximate surface area is 59.0 Å². The third-order valence-corrected chi connectivity index (χ3v) is 2.41. The minimum Gasteiger partial charge on any atom is -0.460 e. The molecule has 3 fully saturated rings. The van der Waals surface area contributed by atoms with Crippen molar-refractivity contribution in [3.8, 4) is 0 Å². The van der Waals surface area contributed by atoms with E-state index in [0.717, 1.165) is 12.8 Å². The lowest BCUT2D eigenvalue weighted by Gasteiger charge is -2.40. The van der Waals surface area contributed by atoms with Crippen LogP contribution in [0.1, 0.15) is 25.7 Å². The van der Waals surface area contributed by atoms with E-state index in [1.807, 2.05) is 0 Å². The van der Waals surface area contributed by atoms with Crippen LogP contribution in [-0.2, 0) is 9.53 Å². The number of aliphatic hydroxyl groups is 1. The molecule has 2 heterocycles. The minimum atomic E-state index is -1.12. The van der Waals surface area contributed by atoms with Gasteiger partial charge in [0, 0.05) is 0 Å². The van der Waals surface area contributed by atoms with Crippen LogP contribution in [0.25, 0.3) is 0 Å². The molecule has 0 aromatic rings. The Morgan fingerprint density at radius 3 is 2.40 bits per heavy atom. The van der Waals surface area contributed by atoms with Crippen LogP contribution in [0.2, 0.25) is 0 Å². The molecule has 10 heavy (non-hydrogen) atoms. The van der Waals surface area contributed by atoms with E-state index in [4.69, 9.17) is 4.74 Å². The zero-order chi connectivity index (χ0) is 7.19. The first-order valence-corrected chi connectivity index (χ1v) is 3.64. The van der Waals surface area contributed by atoms with Crippen molar-refractivity contribution in [2.45, 2.75) is 37.4 Å².